The highest BCUT2D eigenvalue weighted by Crippen LogP contribution is 2.26. The van der Waals surface area contributed by atoms with E-state index in [9.17, 15) is 0 Å². The molecule has 5 rings (SSSR count). The van der Waals surface area contributed by atoms with Crippen LogP contribution in [0.25, 0.3) is 0 Å². The molecular formula is C29H36N4O3. The minimum Gasteiger partial charge on any atom is -0.492 e. The minimum atomic E-state index is 0.0215. The van der Waals surface area contributed by atoms with E-state index in [4.69, 9.17) is 14.6 Å². The van der Waals surface area contributed by atoms with Crippen molar-refractivity contribution in [2.45, 2.75) is 26.2 Å². The number of hydrogen-bond donors (Lipinski definition) is 1. The van der Waals surface area contributed by atoms with Crippen molar-refractivity contribution in [3.8, 4) is 11.5 Å². The molecule has 0 unspecified atom stereocenters. The molecule has 190 valence electrons. The maximum atomic E-state index is 9.02. The van der Waals surface area contributed by atoms with E-state index in [1.165, 1.54) is 16.7 Å². The Morgan fingerprint density at radius 3 is 2.42 bits per heavy atom. The van der Waals surface area contributed by atoms with Gasteiger partial charge in [0.25, 0.3) is 0 Å². The quantitative estimate of drug-likeness (QED) is 0.497. The molecule has 2 aromatic carbocycles. The number of aliphatic hydroxyl groups excluding tert-OH is 1. The van der Waals surface area contributed by atoms with Gasteiger partial charge in [-0.15, -0.1) is 0 Å². The summed E-state index contributed by atoms with van der Waals surface area (Å²) in [4.78, 5) is 11.9. The van der Waals surface area contributed by atoms with Crippen LogP contribution in [0.2, 0.25) is 0 Å². The number of benzene rings is 2. The van der Waals surface area contributed by atoms with E-state index < -0.39 is 0 Å². The van der Waals surface area contributed by atoms with Crippen molar-refractivity contribution in [3.63, 3.8) is 0 Å². The smallest absolute Gasteiger partial charge is 0.123 e. The summed E-state index contributed by atoms with van der Waals surface area (Å²) in [5, 5.41) is 9.02. The van der Waals surface area contributed by atoms with E-state index in [0.29, 0.717) is 13.2 Å². The summed E-state index contributed by atoms with van der Waals surface area (Å²) in [7, 11) is 0. The first kappa shape index (κ1) is 24.7. The zero-order chi connectivity index (χ0) is 24.6. The van der Waals surface area contributed by atoms with Gasteiger partial charge in [-0.05, 0) is 47.5 Å². The Kier molecular flexibility index (Phi) is 8.46. The molecule has 0 radical (unpaired) electrons. The van der Waals surface area contributed by atoms with Crippen LogP contribution >= 0.6 is 0 Å². The molecular weight excluding hydrogens is 452 g/mol. The lowest BCUT2D eigenvalue weighted by atomic mass is 10.1. The monoisotopic (exact) mass is 488 g/mol. The number of ether oxygens (including phenoxy) is 2. The Balaban J connectivity index is 1.16. The fourth-order valence-corrected chi connectivity index (χ4v) is 4.97. The second-order valence-corrected chi connectivity index (χ2v) is 9.59. The van der Waals surface area contributed by atoms with E-state index in [2.05, 4.69) is 62.1 Å². The minimum absolute atomic E-state index is 0.0215. The summed E-state index contributed by atoms with van der Waals surface area (Å²) in [5.74, 6) is 1.80. The first-order chi connectivity index (χ1) is 17.7. The van der Waals surface area contributed by atoms with Gasteiger partial charge >= 0.3 is 0 Å². The zero-order valence-electron chi connectivity index (χ0n) is 20.9. The number of aromatic nitrogens is 1. The molecule has 1 N–H and O–H groups in total. The van der Waals surface area contributed by atoms with Crippen molar-refractivity contribution in [2.24, 2.45) is 0 Å². The lowest BCUT2D eigenvalue weighted by Crippen LogP contribution is -2.45. The number of aliphatic hydroxyl groups is 1. The average Bonchev–Trinajstić information content (AvgIpc) is 3.11. The Hall–Kier alpha value is -2.97. The zero-order valence-corrected chi connectivity index (χ0v) is 20.9. The van der Waals surface area contributed by atoms with Crippen LogP contribution in [-0.4, -0.2) is 77.3 Å². The molecule has 2 aliphatic rings. The molecule has 0 saturated carbocycles. The van der Waals surface area contributed by atoms with Gasteiger partial charge in [-0.1, -0.05) is 24.3 Å². The van der Waals surface area contributed by atoms with Gasteiger partial charge in [0, 0.05) is 70.7 Å². The number of hydrogen-bond acceptors (Lipinski definition) is 7. The third-order valence-corrected chi connectivity index (χ3v) is 6.83. The first-order valence-corrected chi connectivity index (χ1v) is 12.9. The molecule has 0 spiro atoms. The van der Waals surface area contributed by atoms with Crippen molar-refractivity contribution in [1.29, 1.82) is 0 Å². The summed E-state index contributed by atoms with van der Waals surface area (Å²) in [5.41, 5.74) is 4.95. The number of nitrogens with zero attached hydrogens (tertiary/aromatic N) is 4. The van der Waals surface area contributed by atoms with Gasteiger partial charge < -0.3 is 14.6 Å². The normalized spacial score (nSPS) is 17.2. The molecule has 3 heterocycles. The number of pyridine rings is 1. The largest absolute Gasteiger partial charge is 0.492 e. The fourth-order valence-electron chi connectivity index (χ4n) is 4.97. The standard InChI is InChI=1S/C29H36N4O3/c34-15-17-35-28-6-3-4-24(19-28)21-33-14-16-36-29-8-7-25(18-26(29)22-33)20-31-10-12-32(13-11-31)23-27-5-1-2-9-30-27/h1-9,18-19,34H,10-17,20-23H2. The van der Waals surface area contributed by atoms with E-state index in [1.54, 1.807) is 0 Å². The van der Waals surface area contributed by atoms with Crippen molar-refractivity contribution in [1.82, 2.24) is 19.7 Å². The topological polar surface area (TPSA) is 61.3 Å². The van der Waals surface area contributed by atoms with Crippen molar-refractivity contribution in [3.05, 3.63) is 89.2 Å². The van der Waals surface area contributed by atoms with Gasteiger partial charge in [-0.3, -0.25) is 19.7 Å². The van der Waals surface area contributed by atoms with E-state index >= 15 is 0 Å². The SMILES string of the molecule is OCCOc1cccc(CN2CCOc3ccc(CN4CCN(Cc5ccccn5)CC4)cc3C2)c1. The highest BCUT2D eigenvalue weighted by molar-refractivity contribution is 5.38. The van der Waals surface area contributed by atoms with Crippen LogP contribution in [0.1, 0.15) is 22.4 Å². The fraction of sp³-hybridized carbons (Fsp3) is 0.414. The highest BCUT2D eigenvalue weighted by atomic mass is 16.5. The van der Waals surface area contributed by atoms with Crippen LogP contribution in [0.5, 0.6) is 11.5 Å². The Morgan fingerprint density at radius 2 is 1.61 bits per heavy atom. The Bertz CT molecular complexity index is 1100. The van der Waals surface area contributed by atoms with Crippen LogP contribution in [0.3, 0.4) is 0 Å². The molecule has 1 saturated heterocycles. The van der Waals surface area contributed by atoms with Gasteiger partial charge in [0.1, 0.15) is 24.7 Å². The molecule has 3 aromatic rings. The van der Waals surface area contributed by atoms with Gasteiger partial charge in [-0.25, -0.2) is 0 Å². The van der Waals surface area contributed by atoms with Crippen LogP contribution < -0.4 is 9.47 Å². The second-order valence-electron chi connectivity index (χ2n) is 9.59. The molecule has 0 aliphatic carbocycles. The Labute approximate surface area is 213 Å². The molecule has 0 amide bonds. The van der Waals surface area contributed by atoms with Gasteiger partial charge in [-0.2, -0.15) is 0 Å². The van der Waals surface area contributed by atoms with E-state index in [1.807, 2.05) is 24.4 Å². The van der Waals surface area contributed by atoms with Crippen LogP contribution in [0, 0.1) is 0 Å². The summed E-state index contributed by atoms with van der Waals surface area (Å²) in [6, 6.07) is 21.0. The van der Waals surface area contributed by atoms with E-state index in [0.717, 1.165) is 76.1 Å². The van der Waals surface area contributed by atoms with Crippen molar-refractivity contribution >= 4 is 0 Å². The first-order valence-electron chi connectivity index (χ1n) is 12.9. The molecule has 7 nitrogen and oxygen atoms in total. The molecule has 2 aliphatic heterocycles. The second kappa shape index (κ2) is 12.3. The number of piperazine rings is 1. The van der Waals surface area contributed by atoms with Crippen LogP contribution in [-0.2, 0) is 26.2 Å². The highest BCUT2D eigenvalue weighted by Gasteiger charge is 2.20. The number of fused-ring (bicyclic) bond motifs is 1. The van der Waals surface area contributed by atoms with Crippen LogP contribution in [0.15, 0.2) is 66.9 Å². The van der Waals surface area contributed by atoms with Gasteiger partial charge in [0.05, 0.1) is 12.3 Å². The summed E-state index contributed by atoms with van der Waals surface area (Å²) in [6.45, 7) is 9.78. The third kappa shape index (κ3) is 6.83. The average molecular weight is 489 g/mol. The molecule has 1 aromatic heterocycles. The summed E-state index contributed by atoms with van der Waals surface area (Å²) in [6.07, 6.45) is 1.87. The lowest BCUT2D eigenvalue weighted by Gasteiger charge is -2.34. The molecule has 0 atom stereocenters. The summed E-state index contributed by atoms with van der Waals surface area (Å²) < 4.78 is 11.7. The van der Waals surface area contributed by atoms with Crippen molar-refractivity contribution in [2.75, 3.05) is 52.5 Å². The lowest BCUT2D eigenvalue weighted by molar-refractivity contribution is 0.121. The predicted molar refractivity (Wildman–Crippen MR) is 140 cm³/mol. The molecule has 7 heteroatoms. The molecule has 0 bridgehead atoms. The molecule has 36 heavy (non-hydrogen) atoms. The third-order valence-electron chi connectivity index (χ3n) is 6.83. The number of rotatable bonds is 9. The van der Waals surface area contributed by atoms with E-state index in [-0.39, 0.29) is 6.61 Å². The predicted octanol–water partition coefficient (Wildman–Crippen LogP) is 3.17. The summed E-state index contributed by atoms with van der Waals surface area (Å²) >= 11 is 0. The van der Waals surface area contributed by atoms with Crippen LogP contribution in [0.4, 0.5) is 0 Å². The van der Waals surface area contributed by atoms with Gasteiger partial charge in [0.2, 0.25) is 0 Å². The maximum absolute atomic E-state index is 9.02. The maximum Gasteiger partial charge on any atom is 0.123 e. The Morgan fingerprint density at radius 1 is 0.806 bits per heavy atom. The van der Waals surface area contributed by atoms with Gasteiger partial charge in [0.15, 0.2) is 0 Å². The van der Waals surface area contributed by atoms with Crippen molar-refractivity contribution < 1.29 is 14.6 Å². The molecule has 1 fully saturated rings.